The summed E-state index contributed by atoms with van der Waals surface area (Å²) >= 11 is 1.59. The van der Waals surface area contributed by atoms with Crippen LogP contribution in [-0.2, 0) is 16.1 Å². The molecule has 0 N–H and O–H groups in total. The summed E-state index contributed by atoms with van der Waals surface area (Å²) < 4.78 is 0. The van der Waals surface area contributed by atoms with Crippen LogP contribution < -0.4 is 0 Å². The zero-order valence-corrected chi connectivity index (χ0v) is 13.8. The number of carbonyl (C=O) groups is 2. The second-order valence-electron chi connectivity index (χ2n) is 6.85. The molecule has 23 heavy (non-hydrogen) atoms. The number of likely N-dealkylation sites (tertiary alicyclic amines) is 2. The summed E-state index contributed by atoms with van der Waals surface area (Å²) in [5.74, 6) is 0.149. The normalized spacial score (nSPS) is 27.9. The first-order valence-electron chi connectivity index (χ1n) is 7.93. The molecule has 2 atom stereocenters. The van der Waals surface area contributed by atoms with E-state index in [1.54, 1.807) is 16.2 Å². The van der Waals surface area contributed by atoms with Crippen LogP contribution >= 0.6 is 11.3 Å². The van der Waals surface area contributed by atoms with E-state index in [2.05, 4.69) is 11.1 Å². The Labute approximate surface area is 138 Å². The van der Waals surface area contributed by atoms with Crippen LogP contribution in [0.1, 0.15) is 23.5 Å². The quantitative estimate of drug-likeness (QED) is 0.833. The maximum atomic E-state index is 12.6. The molecule has 0 unspecified atom stereocenters. The van der Waals surface area contributed by atoms with Gasteiger partial charge < -0.3 is 9.80 Å². The second-order valence-corrected chi connectivity index (χ2v) is 7.91. The van der Waals surface area contributed by atoms with E-state index in [0.717, 1.165) is 10.7 Å². The van der Waals surface area contributed by atoms with Gasteiger partial charge in [-0.25, -0.2) is 4.98 Å². The highest BCUT2D eigenvalue weighted by Crippen LogP contribution is 2.48. The number of fused-ring (bicyclic) bond motifs is 1. The third-order valence-electron chi connectivity index (χ3n) is 5.20. The molecule has 3 fully saturated rings. The number of amides is 2. The summed E-state index contributed by atoms with van der Waals surface area (Å²) in [6, 6.07) is 2.16. The predicted molar refractivity (Wildman–Crippen MR) is 83.1 cm³/mol. The summed E-state index contributed by atoms with van der Waals surface area (Å²) in [6.45, 7) is 4.28. The lowest BCUT2D eigenvalue weighted by atomic mass is 10.0. The fraction of sp³-hybridized carbons (Fsp3) is 0.625. The molecule has 1 aliphatic carbocycles. The first-order chi connectivity index (χ1) is 11.0. The van der Waals surface area contributed by atoms with Crippen molar-refractivity contribution in [2.45, 2.75) is 26.3 Å². The molecular formula is C16H18N4O2S. The summed E-state index contributed by atoms with van der Waals surface area (Å²) in [5.41, 5.74) is 0.162. The van der Waals surface area contributed by atoms with Crippen molar-refractivity contribution in [3.63, 3.8) is 0 Å². The van der Waals surface area contributed by atoms with E-state index in [4.69, 9.17) is 0 Å². The molecule has 2 aliphatic heterocycles. The van der Waals surface area contributed by atoms with E-state index in [1.165, 1.54) is 0 Å². The van der Waals surface area contributed by atoms with Gasteiger partial charge in [-0.2, -0.15) is 5.26 Å². The minimum absolute atomic E-state index is 0.0659. The van der Waals surface area contributed by atoms with Crippen LogP contribution in [0.2, 0.25) is 0 Å². The van der Waals surface area contributed by atoms with Crippen LogP contribution in [0.5, 0.6) is 0 Å². The first kappa shape index (κ1) is 14.6. The molecule has 3 heterocycles. The largest absolute Gasteiger partial charge is 0.340 e. The van der Waals surface area contributed by atoms with Crippen molar-refractivity contribution < 1.29 is 9.59 Å². The van der Waals surface area contributed by atoms with E-state index in [9.17, 15) is 14.9 Å². The average molecular weight is 330 g/mol. The molecule has 6 nitrogen and oxygen atoms in total. The summed E-state index contributed by atoms with van der Waals surface area (Å²) in [7, 11) is 0. The molecule has 3 aliphatic rings. The van der Waals surface area contributed by atoms with Crippen LogP contribution in [0.25, 0.3) is 0 Å². The van der Waals surface area contributed by atoms with Gasteiger partial charge in [0.05, 0.1) is 29.2 Å². The molecule has 0 bridgehead atoms. The van der Waals surface area contributed by atoms with Gasteiger partial charge in [-0.1, -0.05) is 0 Å². The predicted octanol–water partition coefficient (Wildman–Crippen LogP) is 1.17. The van der Waals surface area contributed by atoms with Crippen LogP contribution in [0.3, 0.4) is 0 Å². The smallest absolute Gasteiger partial charge is 0.243 e. The van der Waals surface area contributed by atoms with E-state index in [0.29, 0.717) is 39.0 Å². The Balaban J connectivity index is 1.41. The maximum absolute atomic E-state index is 12.6. The maximum Gasteiger partial charge on any atom is 0.243 e. The zero-order valence-electron chi connectivity index (χ0n) is 13.0. The van der Waals surface area contributed by atoms with Gasteiger partial charge in [-0.05, 0) is 19.8 Å². The number of aryl methyl sites for hydroxylation is 1. The first-order valence-corrected chi connectivity index (χ1v) is 8.81. The van der Waals surface area contributed by atoms with Crippen LogP contribution in [0.15, 0.2) is 5.38 Å². The molecule has 0 aromatic carbocycles. The molecule has 1 saturated carbocycles. The number of carbonyl (C=O) groups excluding carboxylic acids is 2. The molecule has 1 aromatic heterocycles. The van der Waals surface area contributed by atoms with Gasteiger partial charge in [-0.3, -0.25) is 9.59 Å². The lowest BCUT2D eigenvalue weighted by molar-refractivity contribution is -0.135. The van der Waals surface area contributed by atoms with Crippen molar-refractivity contribution in [3.8, 4) is 6.07 Å². The summed E-state index contributed by atoms with van der Waals surface area (Å²) in [6.07, 6.45) is 1.33. The number of aromatic nitrogens is 1. The van der Waals surface area contributed by atoms with E-state index in [-0.39, 0.29) is 23.7 Å². The Kier molecular flexibility index (Phi) is 3.20. The van der Waals surface area contributed by atoms with Crippen molar-refractivity contribution in [1.29, 1.82) is 5.26 Å². The third-order valence-corrected chi connectivity index (χ3v) is 6.03. The fourth-order valence-corrected chi connectivity index (χ4v) is 4.33. The standard InChI is InChI=1S/C16H18N4O2S/c1-10-18-12(8-23-10)6-19-4-11-5-20(7-13(11)14(19)21)15(22)16(9-17)2-3-16/h8,11,13H,2-7H2,1H3/t11-,13-/m1/s1. The highest BCUT2D eigenvalue weighted by Gasteiger charge is 2.56. The van der Waals surface area contributed by atoms with Crippen molar-refractivity contribution in [3.05, 3.63) is 16.1 Å². The molecule has 1 aromatic rings. The lowest BCUT2D eigenvalue weighted by Gasteiger charge is -2.22. The Morgan fingerprint density at radius 1 is 1.48 bits per heavy atom. The molecule has 4 rings (SSSR count). The molecule has 7 heteroatoms. The average Bonchev–Trinajstić information content (AvgIpc) is 2.93. The van der Waals surface area contributed by atoms with Gasteiger partial charge in [0.2, 0.25) is 11.8 Å². The topological polar surface area (TPSA) is 77.3 Å². The molecule has 2 saturated heterocycles. The van der Waals surface area contributed by atoms with Crippen molar-refractivity contribution in [2.24, 2.45) is 17.3 Å². The van der Waals surface area contributed by atoms with Gasteiger partial charge >= 0.3 is 0 Å². The number of nitrogens with zero attached hydrogens (tertiary/aromatic N) is 4. The van der Waals surface area contributed by atoms with Crippen molar-refractivity contribution >= 4 is 23.2 Å². The monoisotopic (exact) mass is 330 g/mol. The number of nitriles is 1. The SMILES string of the molecule is Cc1nc(CN2C[C@@H]3CN(C(=O)C4(C#N)CC4)C[C@H]3C2=O)cs1. The highest BCUT2D eigenvalue weighted by atomic mass is 32.1. The van der Waals surface area contributed by atoms with E-state index >= 15 is 0 Å². The Morgan fingerprint density at radius 2 is 2.26 bits per heavy atom. The third kappa shape index (κ3) is 2.32. The van der Waals surface area contributed by atoms with Gasteiger partial charge in [0.15, 0.2) is 0 Å². The van der Waals surface area contributed by atoms with Gasteiger partial charge in [0.25, 0.3) is 0 Å². The van der Waals surface area contributed by atoms with E-state index in [1.807, 2.05) is 17.2 Å². The lowest BCUT2D eigenvalue weighted by Crippen LogP contribution is -2.38. The van der Waals surface area contributed by atoms with Crippen molar-refractivity contribution in [1.82, 2.24) is 14.8 Å². The van der Waals surface area contributed by atoms with E-state index < -0.39 is 5.41 Å². The Morgan fingerprint density at radius 3 is 2.83 bits per heavy atom. The molecule has 2 amide bonds. The minimum atomic E-state index is -0.778. The molecule has 120 valence electrons. The Bertz CT molecular complexity index is 718. The number of thiazole rings is 1. The number of hydrogen-bond acceptors (Lipinski definition) is 5. The molecule has 0 radical (unpaired) electrons. The Hall–Kier alpha value is -1.94. The highest BCUT2D eigenvalue weighted by molar-refractivity contribution is 7.09. The van der Waals surface area contributed by atoms with Gasteiger partial charge in [-0.15, -0.1) is 11.3 Å². The van der Waals surface area contributed by atoms with Crippen molar-refractivity contribution in [2.75, 3.05) is 19.6 Å². The second kappa shape index (κ2) is 5.03. The molecule has 0 spiro atoms. The van der Waals surface area contributed by atoms with Crippen LogP contribution in [0, 0.1) is 35.5 Å². The van der Waals surface area contributed by atoms with Gasteiger partial charge in [0, 0.05) is 30.9 Å². The minimum Gasteiger partial charge on any atom is -0.340 e. The van der Waals surface area contributed by atoms with Gasteiger partial charge in [0.1, 0.15) is 5.41 Å². The summed E-state index contributed by atoms with van der Waals surface area (Å²) in [4.78, 5) is 33.1. The van der Waals surface area contributed by atoms with Crippen LogP contribution in [-0.4, -0.2) is 46.2 Å². The number of rotatable bonds is 3. The fourth-order valence-electron chi connectivity index (χ4n) is 3.73. The molecular weight excluding hydrogens is 312 g/mol. The number of hydrogen-bond donors (Lipinski definition) is 0. The zero-order chi connectivity index (χ0) is 16.2. The van der Waals surface area contributed by atoms with Crippen LogP contribution in [0.4, 0.5) is 0 Å². The summed E-state index contributed by atoms with van der Waals surface area (Å²) in [5, 5.41) is 12.2.